The Hall–Kier alpha value is -1.38. The minimum atomic E-state index is 0.236. The van der Waals surface area contributed by atoms with Crippen molar-refractivity contribution in [1.82, 2.24) is 0 Å². The minimum Gasteiger partial charge on any atom is -0.374 e. The topological polar surface area (TPSA) is 18.5 Å². The molecule has 0 heterocycles. The van der Waals surface area contributed by atoms with Crippen LogP contribution in [0.4, 0.5) is 0 Å². The maximum Gasteiger partial charge on any atom is 0.0724 e. The molecule has 0 fully saturated rings. The molecule has 0 atom stereocenters. The van der Waals surface area contributed by atoms with E-state index in [1.807, 2.05) is 0 Å². The Balaban J connectivity index is 2.31. The van der Waals surface area contributed by atoms with Crippen molar-refractivity contribution in [2.75, 3.05) is 0 Å². The standard InChI is InChI=1S/C18H24O2/c1-13(2)19-11-17-9-15-7-5-6-8-16(15)10-18(17)12-20-14(3)4/h5-10,13-14H,11-12H2,1-4H3. The van der Waals surface area contributed by atoms with E-state index in [-0.39, 0.29) is 12.2 Å². The fourth-order valence-corrected chi connectivity index (χ4v) is 2.12. The Morgan fingerprint density at radius 2 is 1.15 bits per heavy atom. The van der Waals surface area contributed by atoms with E-state index in [9.17, 15) is 0 Å². The van der Waals surface area contributed by atoms with Crippen molar-refractivity contribution in [1.29, 1.82) is 0 Å². The van der Waals surface area contributed by atoms with E-state index in [1.165, 1.54) is 21.9 Å². The molecule has 2 aromatic rings. The summed E-state index contributed by atoms with van der Waals surface area (Å²) in [5, 5.41) is 2.51. The first-order valence-electron chi connectivity index (χ1n) is 7.30. The van der Waals surface area contributed by atoms with E-state index in [0.29, 0.717) is 13.2 Å². The van der Waals surface area contributed by atoms with Crippen LogP contribution in [0.1, 0.15) is 38.8 Å². The van der Waals surface area contributed by atoms with Gasteiger partial charge in [0.25, 0.3) is 0 Å². The molecule has 0 aliphatic heterocycles. The fourth-order valence-electron chi connectivity index (χ4n) is 2.12. The summed E-state index contributed by atoms with van der Waals surface area (Å²) in [6.07, 6.45) is 0.473. The zero-order chi connectivity index (χ0) is 14.5. The normalized spacial score (nSPS) is 11.7. The van der Waals surface area contributed by atoms with Gasteiger partial charge in [0.05, 0.1) is 25.4 Å². The summed E-state index contributed by atoms with van der Waals surface area (Å²) in [7, 11) is 0. The predicted octanol–water partition coefficient (Wildman–Crippen LogP) is 4.69. The highest BCUT2D eigenvalue weighted by molar-refractivity contribution is 5.84. The van der Waals surface area contributed by atoms with Crippen LogP contribution in [0.2, 0.25) is 0 Å². The van der Waals surface area contributed by atoms with Gasteiger partial charge in [0.1, 0.15) is 0 Å². The Kier molecular flexibility index (Phi) is 5.16. The van der Waals surface area contributed by atoms with Gasteiger partial charge in [0.2, 0.25) is 0 Å². The quantitative estimate of drug-likeness (QED) is 0.759. The molecular formula is C18H24O2. The SMILES string of the molecule is CC(C)OCc1cc2ccccc2cc1COC(C)C. The van der Waals surface area contributed by atoms with Gasteiger partial charge in [-0.1, -0.05) is 24.3 Å². The number of hydrogen-bond acceptors (Lipinski definition) is 2. The van der Waals surface area contributed by atoms with Gasteiger partial charge in [-0.05, 0) is 61.7 Å². The van der Waals surface area contributed by atoms with E-state index in [0.717, 1.165) is 0 Å². The van der Waals surface area contributed by atoms with E-state index in [4.69, 9.17) is 9.47 Å². The van der Waals surface area contributed by atoms with Crippen LogP contribution in [-0.2, 0) is 22.7 Å². The van der Waals surface area contributed by atoms with Crippen LogP contribution in [0.5, 0.6) is 0 Å². The predicted molar refractivity (Wildman–Crippen MR) is 83.8 cm³/mol. The van der Waals surface area contributed by atoms with Crippen LogP contribution in [-0.4, -0.2) is 12.2 Å². The van der Waals surface area contributed by atoms with Crippen LogP contribution in [0, 0.1) is 0 Å². The molecule has 0 amide bonds. The summed E-state index contributed by atoms with van der Waals surface area (Å²) in [6, 6.07) is 12.9. The largest absolute Gasteiger partial charge is 0.374 e. The van der Waals surface area contributed by atoms with Crippen LogP contribution < -0.4 is 0 Å². The molecular weight excluding hydrogens is 248 g/mol. The molecule has 0 spiro atoms. The van der Waals surface area contributed by atoms with E-state index >= 15 is 0 Å². The van der Waals surface area contributed by atoms with Gasteiger partial charge in [0.15, 0.2) is 0 Å². The van der Waals surface area contributed by atoms with Crippen molar-refractivity contribution in [2.45, 2.75) is 53.1 Å². The summed E-state index contributed by atoms with van der Waals surface area (Å²) < 4.78 is 11.5. The fraction of sp³-hybridized carbons (Fsp3) is 0.444. The summed E-state index contributed by atoms with van der Waals surface area (Å²) in [5.74, 6) is 0. The third kappa shape index (κ3) is 4.06. The Morgan fingerprint density at radius 3 is 1.50 bits per heavy atom. The summed E-state index contributed by atoms with van der Waals surface area (Å²) in [5.41, 5.74) is 2.44. The van der Waals surface area contributed by atoms with Gasteiger partial charge in [-0.2, -0.15) is 0 Å². The first kappa shape index (κ1) is 15.0. The van der Waals surface area contributed by atoms with Crippen LogP contribution in [0.25, 0.3) is 10.8 Å². The van der Waals surface area contributed by atoms with Gasteiger partial charge in [-0.3, -0.25) is 0 Å². The molecule has 2 heteroatoms. The van der Waals surface area contributed by atoms with Crippen molar-refractivity contribution >= 4 is 10.8 Å². The molecule has 2 nitrogen and oxygen atoms in total. The summed E-state index contributed by atoms with van der Waals surface area (Å²) in [6.45, 7) is 9.52. The molecule has 20 heavy (non-hydrogen) atoms. The monoisotopic (exact) mass is 272 g/mol. The zero-order valence-electron chi connectivity index (χ0n) is 12.8. The first-order chi connectivity index (χ1) is 9.56. The number of ether oxygens (including phenoxy) is 2. The van der Waals surface area contributed by atoms with Gasteiger partial charge in [-0.25, -0.2) is 0 Å². The molecule has 0 bridgehead atoms. The lowest BCUT2D eigenvalue weighted by atomic mass is 10.0. The second-order valence-corrected chi connectivity index (χ2v) is 5.69. The van der Waals surface area contributed by atoms with Gasteiger partial charge in [-0.15, -0.1) is 0 Å². The highest BCUT2D eigenvalue weighted by Crippen LogP contribution is 2.22. The third-order valence-corrected chi connectivity index (χ3v) is 3.21. The molecule has 0 N–H and O–H groups in total. The molecule has 0 aromatic heterocycles. The second kappa shape index (κ2) is 6.87. The molecule has 2 aromatic carbocycles. The van der Waals surface area contributed by atoms with Crippen LogP contribution in [0.15, 0.2) is 36.4 Å². The lowest BCUT2D eigenvalue weighted by Gasteiger charge is -2.15. The van der Waals surface area contributed by atoms with Gasteiger partial charge in [0, 0.05) is 0 Å². The molecule has 0 saturated heterocycles. The highest BCUT2D eigenvalue weighted by Gasteiger charge is 2.07. The van der Waals surface area contributed by atoms with Crippen molar-refractivity contribution < 1.29 is 9.47 Å². The van der Waals surface area contributed by atoms with Crippen molar-refractivity contribution in [3.05, 3.63) is 47.5 Å². The van der Waals surface area contributed by atoms with E-state index < -0.39 is 0 Å². The third-order valence-electron chi connectivity index (χ3n) is 3.21. The van der Waals surface area contributed by atoms with Crippen molar-refractivity contribution in [3.8, 4) is 0 Å². The minimum absolute atomic E-state index is 0.236. The smallest absolute Gasteiger partial charge is 0.0724 e. The lowest BCUT2D eigenvalue weighted by Crippen LogP contribution is -2.08. The number of hydrogen-bond donors (Lipinski definition) is 0. The Bertz CT molecular complexity index is 508. The van der Waals surface area contributed by atoms with E-state index in [2.05, 4.69) is 64.1 Å². The lowest BCUT2D eigenvalue weighted by molar-refractivity contribution is 0.0539. The molecule has 0 saturated carbocycles. The van der Waals surface area contributed by atoms with Crippen molar-refractivity contribution in [2.24, 2.45) is 0 Å². The Labute approximate surface area is 121 Å². The summed E-state index contributed by atoms with van der Waals surface area (Å²) >= 11 is 0. The molecule has 2 rings (SSSR count). The number of benzene rings is 2. The van der Waals surface area contributed by atoms with Crippen molar-refractivity contribution in [3.63, 3.8) is 0 Å². The number of rotatable bonds is 6. The average molecular weight is 272 g/mol. The molecule has 0 aliphatic rings. The Morgan fingerprint density at radius 1 is 0.750 bits per heavy atom. The van der Waals surface area contributed by atoms with Crippen LogP contribution >= 0.6 is 0 Å². The maximum atomic E-state index is 5.77. The van der Waals surface area contributed by atoms with E-state index in [1.54, 1.807) is 0 Å². The molecule has 0 radical (unpaired) electrons. The first-order valence-corrected chi connectivity index (χ1v) is 7.30. The molecule has 0 unspecified atom stereocenters. The van der Waals surface area contributed by atoms with Gasteiger partial charge < -0.3 is 9.47 Å². The summed E-state index contributed by atoms with van der Waals surface area (Å²) in [4.78, 5) is 0. The molecule has 0 aliphatic carbocycles. The second-order valence-electron chi connectivity index (χ2n) is 5.69. The van der Waals surface area contributed by atoms with Gasteiger partial charge >= 0.3 is 0 Å². The number of fused-ring (bicyclic) bond motifs is 1. The van der Waals surface area contributed by atoms with Crippen LogP contribution in [0.3, 0.4) is 0 Å². The molecule has 108 valence electrons. The maximum absolute atomic E-state index is 5.77. The highest BCUT2D eigenvalue weighted by atomic mass is 16.5. The average Bonchev–Trinajstić information content (AvgIpc) is 2.42. The zero-order valence-corrected chi connectivity index (χ0v) is 12.8.